The van der Waals surface area contributed by atoms with Gasteiger partial charge in [-0.15, -0.1) is 0 Å². The molecule has 0 spiro atoms. The van der Waals surface area contributed by atoms with Gasteiger partial charge in [-0.25, -0.2) is 14.2 Å². The van der Waals surface area contributed by atoms with Gasteiger partial charge in [0.05, 0.1) is 16.6 Å². The van der Waals surface area contributed by atoms with Crippen molar-refractivity contribution >= 4 is 44.9 Å². The highest BCUT2D eigenvalue weighted by atomic mass is 79.9. The highest BCUT2D eigenvalue weighted by molar-refractivity contribution is 9.10. The number of hydrogen-bond acceptors (Lipinski definition) is 4. The highest BCUT2D eigenvalue weighted by Crippen LogP contribution is 2.32. The first-order chi connectivity index (χ1) is 16.6. The van der Waals surface area contributed by atoms with E-state index in [9.17, 15) is 14.0 Å². The molecule has 0 unspecified atom stereocenters. The summed E-state index contributed by atoms with van der Waals surface area (Å²) in [6.45, 7) is 9.46. The first-order valence-electron chi connectivity index (χ1n) is 11.8. The Balaban J connectivity index is 1.52. The molecule has 9 heteroatoms. The molecule has 2 amide bonds. The van der Waals surface area contributed by atoms with Crippen molar-refractivity contribution in [1.29, 1.82) is 0 Å². The number of halogens is 2. The summed E-state index contributed by atoms with van der Waals surface area (Å²) in [4.78, 5) is 31.5. The molecule has 2 aromatic carbocycles. The van der Waals surface area contributed by atoms with Crippen LogP contribution >= 0.6 is 15.9 Å². The van der Waals surface area contributed by atoms with Gasteiger partial charge in [0.1, 0.15) is 11.4 Å². The summed E-state index contributed by atoms with van der Waals surface area (Å²) in [6.07, 6.45) is 1.42. The Morgan fingerprint density at radius 3 is 2.54 bits per heavy atom. The number of rotatable bonds is 4. The fourth-order valence-corrected chi connectivity index (χ4v) is 4.93. The highest BCUT2D eigenvalue weighted by Gasteiger charge is 2.28. The Morgan fingerprint density at radius 1 is 1.20 bits per heavy atom. The standard InChI is InChI=1S/C26H30BrFN4O3/c1-5-32-21-15-17(16-11-13-31(14-12-16)25(34)35-26(2,3)4)9-10-20(21)29-24(32)30-23(33)22-18(27)7-6-8-19(22)28/h6-10,15-16H,5,11-14H2,1-4H3,(H,29,30,33). The third kappa shape index (κ3) is 5.50. The van der Waals surface area contributed by atoms with Gasteiger partial charge in [0.2, 0.25) is 5.95 Å². The lowest BCUT2D eigenvalue weighted by molar-refractivity contribution is 0.0204. The van der Waals surface area contributed by atoms with Gasteiger partial charge in [0, 0.05) is 24.1 Å². The summed E-state index contributed by atoms with van der Waals surface area (Å²) in [6, 6.07) is 10.5. The SMILES string of the molecule is CCn1c(NC(=O)c2c(F)cccc2Br)nc2ccc(C3CCN(C(=O)OC(C)(C)C)CC3)cc21. The summed E-state index contributed by atoms with van der Waals surface area (Å²) in [5.41, 5.74) is 2.27. The number of ether oxygens (including phenoxy) is 1. The number of benzene rings is 2. The predicted octanol–water partition coefficient (Wildman–Crippen LogP) is 6.32. The van der Waals surface area contributed by atoms with Gasteiger partial charge in [0.25, 0.3) is 5.91 Å². The number of imidazole rings is 1. The predicted molar refractivity (Wildman–Crippen MR) is 137 cm³/mol. The maximum Gasteiger partial charge on any atom is 0.410 e. The van der Waals surface area contributed by atoms with Gasteiger partial charge >= 0.3 is 6.09 Å². The maximum atomic E-state index is 14.3. The van der Waals surface area contributed by atoms with Crippen LogP contribution in [0.1, 0.15) is 62.4 Å². The minimum absolute atomic E-state index is 0.0559. The molecule has 1 fully saturated rings. The van der Waals surface area contributed by atoms with Crippen LogP contribution < -0.4 is 5.32 Å². The molecule has 0 aliphatic carbocycles. The van der Waals surface area contributed by atoms with Crippen molar-refractivity contribution < 1.29 is 18.7 Å². The van der Waals surface area contributed by atoms with Crippen molar-refractivity contribution in [2.24, 2.45) is 0 Å². The molecule has 0 saturated carbocycles. The van der Waals surface area contributed by atoms with E-state index in [0.717, 1.165) is 23.9 Å². The lowest BCUT2D eigenvalue weighted by Gasteiger charge is -2.33. The minimum atomic E-state index is -0.601. The van der Waals surface area contributed by atoms with Crippen LogP contribution in [0.5, 0.6) is 0 Å². The third-order valence-electron chi connectivity index (χ3n) is 6.12. The van der Waals surface area contributed by atoms with Crippen LogP contribution in [-0.4, -0.2) is 45.1 Å². The van der Waals surface area contributed by atoms with Crippen LogP contribution in [0.2, 0.25) is 0 Å². The van der Waals surface area contributed by atoms with Gasteiger partial charge in [-0.05, 0) is 92.2 Å². The number of anilines is 1. The van der Waals surface area contributed by atoms with E-state index in [2.05, 4.69) is 38.4 Å². The molecule has 2 heterocycles. The third-order valence-corrected chi connectivity index (χ3v) is 6.78. The fraction of sp³-hybridized carbons (Fsp3) is 0.423. The molecule has 7 nitrogen and oxygen atoms in total. The number of hydrogen-bond donors (Lipinski definition) is 1. The Morgan fingerprint density at radius 2 is 1.91 bits per heavy atom. The molecule has 35 heavy (non-hydrogen) atoms. The lowest BCUT2D eigenvalue weighted by Crippen LogP contribution is -2.41. The second-order valence-corrected chi connectivity index (χ2v) is 10.6. The number of amides is 2. The molecule has 1 aliphatic rings. The Labute approximate surface area is 212 Å². The average molecular weight is 545 g/mol. The lowest BCUT2D eigenvalue weighted by atomic mass is 9.89. The van der Waals surface area contributed by atoms with Crippen LogP contribution in [0, 0.1) is 5.82 Å². The molecule has 0 atom stereocenters. The minimum Gasteiger partial charge on any atom is -0.444 e. The number of aryl methyl sites for hydroxylation is 1. The molecule has 4 rings (SSSR count). The Hall–Kier alpha value is -2.94. The van der Waals surface area contributed by atoms with E-state index in [4.69, 9.17) is 4.74 Å². The van der Waals surface area contributed by atoms with Crippen molar-refractivity contribution in [3.05, 3.63) is 57.8 Å². The first-order valence-corrected chi connectivity index (χ1v) is 12.6. The van der Waals surface area contributed by atoms with E-state index >= 15 is 0 Å². The molecule has 0 bridgehead atoms. The van der Waals surface area contributed by atoms with E-state index in [0.29, 0.717) is 36.0 Å². The zero-order valence-corrected chi connectivity index (χ0v) is 22.0. The number of carbonyl (C=O) groups excluding carboxylic acids is 2. The molecule has 1 saturated heterocycles. The van der Waals surface area contributed by atoms with Crippen LogP contribution in [0.15, 0.2) is 40.9 Å². The molecule has 1 aliphatic heterocycles. The molecule has 3 aromatic rings. The van der Waals surface area contributed by atoms with Crippen molar-refractivity contribution in [2.45, 2.75) is 58.6 Å². The van der Waals surface area contributed by atoms with E-state index in [1.165, 1.54) is 17.7 Å². The maximum absolute atomic E-state index is 14.3. The van der Waals surface area contributed by atoms with Crippen molar-refractivity contribution in [3.8, 4) is 0 Å². The van der Waals surface area contributed by atoms with Gasteiger partial charge in [-0.2, -0.15) is 0 Å². The zero-order chi connectivity index (χ0) is 25.3. The normalized spacial score (nSPS) is 14.9. The summed E-state index contributed by atoms with van der Waals surface area (Å²) in [5, 5.41) is 2.77. The quantitative estimate of drug-likeness (QED) is 0.416. The smallest absolute Gasteiger partial charge is 0.410 e. The fourth-order valence-electron chi connectivity index (χ4n) is 4.41. The topological polar surface area (TPSA) is 76.5 Å². The number of nitrogens with zero attached hydrogens (tertiary/aromatic N) is 3. The summed E-state index contributed by atoms with van der Waals surface area (Å²) < 4.78 is 22.1. The molecule has 0 radical (unpaired) electrons. The molecular weight excluding hydrogens is 515 g/mol. The number of piperidine rings is 1. The van der Waals surface area contributed by atoms with Crippen LogP contribution in [-0.2, 0) is 11.3 Å². The van der Waals surface area contributed by atoms with Crippen LogP contribution in [0.4, 0.5) is 15.1 Å². The monoisotopic (exact) mass is 544 g/mol. The number of aromatic nitrogens is 2. The van der Waals surface area contributed by atoms with Crippen molar-refractivity contribution in [2.75, 3.05) is 18.4 Å². The Bertz CT molecular complexity index is 1240. The van der Waals surface area contributed by atoms with Crippen molar-refractivity contribution in [3.63, 3.8) is 0 Å². The van der Waals surface area contributed by atoms with E-state index < -0.39 is 17.3 Å². The molecular formula is C26H30BrFN4O3. The van der Waals surface area contributed by atoms with Gasteiger partial charge in [0.15, 0.2) is 0 Å². The van der Waals surface area contributed by atoms with Crippen LogP contribution in [0.25, 0.3) is 11.0 Å². The van der Waals surface area contributed by atoms with E-state index in [1.54, 1.807) is 11.0 Å². The summed E-state index contributed by atoms with van der Waals surface area (Å²) in [5.74, 6) is -0.476. The summed E-state index contributed by atoms with van der Waals surface area (Å²) >= 11 is 3.25. The summed E-state index contributed by atoms with van der Waals surface area (Å²) in [7, 11) is 0. The largest absolute Gasteiger partial charge is 0.444 e. The van der Waals surface area contributed by atoms with E-state index in [-0.39, 0.29) is 11.7 Å². The average Bonchev–Trinajstić information content (AvgIpc) is 3.14. The molecule has 186 valence electrons. The van der Waals surface area contributed by atoms with Gasteiger partial charge < -0.3 is 14.2 Å². The number of nitrogens with one attached hydrogen (secondary N) is 1. The number of fused-ring (bicyclic) bond motifs is 1. The van der Waals surface area contributed by atoms with E-state index in [1.807, 2.05) is 38.3 Å². The Kier molecular flexibility index (Phi) is 7.17. The number of carbonyl (C=O) groups is 2. The molecule has 1 aromatic heterocycles. The van der Waals surface area contributed by atoms with Crippen molar-refractivity contribution in [1.82, 2.24) is 14.5 Å². The van der Waals surface area contributed by atoms with Crippen LogP contribution in [0.3, 0.4) is 0 Å². The molecule has 1 N–H and O–H groups in total. The second-order valence-electron chi connectivity index (χ2n) is 9.72. The first kappa shape index (κ1) is 25.2. The van der Waals surface area contributed by atoms with Gasteiger partial charge in [-0.1, -0.05) is 12.1 Å². The van der Waals surface area contributed by atoms with Gasteiger partial charge in [-0.3, -0.25) is 10.1 Å². The zero-order valence-electron chi connectivity index (χ0n) is 20.4. The second kappa shape index (κ2) is 9.97. The number of likely N-dealkylation sites (tertiary alicyclic amines) is 1.